The van der Waals surface area contributed by atoms with Gasteiger partial charge in [0.1, 0.15) is 17.7 Å². The van der Waals surface area contributed by atoms with Gasteiger partial charge in [0, 0.05) is 13.6 Å². The molecule has 1 heterocycles. The maximum Gasteiger partial charge on any atom is 0.170 e. The van der Waals surface area contributed by atoms with E-state index in [0.717, 1.165) is 4.47 Å². The van der Waals surface area contributed by atoms with Crippen LogP contribution in [0.1, 0.15) is 28.4 Å². The Morgan fingerprint density at radius 2 is 2.10 bits per heavy atom. The molecule has 0 N–H and O–H groups in total. The summed E-state index contributed by atoms with van der Waals surface area (Å²) in [6.07, 6.45) is -0.411. The molecule has 0 saturated heterocycles. The fourth-order valence-electron chi connectivity index (χ4n) is 2.24. The molecule has 1 atom stereocenters. The number of hydrogen-bond acceptors (Lipinski definition) is 2. The van der Waals surface area contributed by atoms with Crippen LogP contribution in [0, 0.1) is 9.39 Å². The van der Waals surface area contributed by atoms with Crippen molar-refractivity contribution in [1.29, 1.82) is 0 Å². The molecule has 0 fully saturated rings. The Morgan fingerprint density at radius 3 is 2.90 bits per heavy atom. The molecule has 2 aromatic carbocycles. The molecule has 20 heavy (non-hydrogen) atoms. The number of fused-ring (bicyclic) bond motifs is 1. The number of ketones is 1. The monoisotopic (exact) mass is 446 g/mol. The van der Waals surface area contributed by atoms with Crippen molar-refractivity contribution in [2.75, 3.05) is 0 Å². The van der Waals surface area contributed by atoms with Gasteiger partial charge in [0.15, 0.2) is 5.78 Å². The van der Waals surface area contributed by atoms with Crippen LogP contribution in [0.2, 0.25) is 0 Å². The molecule has 1 aliphatic heterocycles. The van der Waals surface area contributed by atoms with E-state index < -0.39 is 6.10 Å². The average Bonchev–Trinajstić information content (AvgIpc) is 2.42. The predicted molar refractivity (Wildman–Crippen MR) is 85.6 cm³/mol. The molecule has 0 aromatic heterocycles. The quantitative estimate of drug-likeness (QED) is 0.582. The summed E-state index contributed by atoms with van der Waals surface area (Å²) in [5, 5.41) is 0. The van der Waals surface area contributed by atoms with E-state index in [1.165, 1.54) is 0 Å². The lowest BCUT2D eigenvalue weighted by Crippen LogP contribution is -2.21. The average molecular weight is 447 g/mol. The minimum absolute atomic E-state index is 0.0317. The van der Waals surface area contributed by atoms with Gasteiger partial charge in [0.2, 0.25) is 0 Å². The molecule has 0 spiro atoms. The topological polar surface area (TPSA) is 26.3 Å². The van der Waals surface area contributed by atoms with Crippen LogP contribution < -0.4 is 4.74 Å². The smallest absolute Gasteiger partial charge is 0.170 e. The molecule has 0 bridgehead atoms. The first-order valence-electron chi connectivity index (χ1n) is 5.99. The van der Waals surface area contributed by atoms with Gasteiger partial charge in [0.25, 0.3) is 0 Å². The summed E-state index contributed by atoms with van der Waals surface area (Å²) in [5.74, 6) is 0.162. The van der Waals surface area contributed by atoms with Gasteiger partial charge in [-0.25, -0.2) is 4.39 Å². The summed E-state index contributed by atoms with van der Waals surface area (Å²) in [6.45, 7) is 0. The van der Waals surface area contributed by atoms with Gasteiger partial charge in [-0.1, -0.05) is 28.1 Å². The molecule has 102 valence electrons. The SMILES string of the molecule is O=C1CC(c2cccc(I)c2F)Oc2ccc(Br)cc21. The van der Waals surface area contributed by atoms with Crippen molar-refractivity contribution in [1.82, 2.24) is 0 Å². The van der Waals surface area contributed by atoms with Crippen LogP contribution in [0.3, 0.4) is 0 Å². The summed E-state index contributed by atoms with van der Waals surface area (Å²) in [6, 6.07) is 10.4. The molecule has 0 aliphatic carbocycles. The second-order valence-electron chi connectivity index (χ2n) is 4.52. The predicted octanol–water partition coefficient (Wildman–Crippen LogP) is 4.90. The second-order valence-corrected chi connectivity index (χ2v) is 6.60. The molecule has 0 saturated carbocycles. The zero-order chi connectivity index (χ0) is 14.3. The van der Waals surface area contributed by atoms with Crippen LogP contribution in [0.25, 0.3) is 0 Å². The second kappa shape index (κ2) is 5.44. The lowest BCUT2D eigenvalue weighted by atomic mass is 9.96. The number of Topliss-reactive ketones (excluding diaryl/α,β-unsaturated/α-hetero) is 1. The lowest BCUT2D eigenvalue weighted by molar-refractivity contribution is 0.0845. The molecule has 1 unspecified atom stereocenters. The van der Waals surface area contributed by atoms with Crippen molar-refractivity contribution in [2.24, 2.45) is 0 Å². The summed E-state index contributed by atoms with van der Waals surface area (Å²) in [5.41, 5.74) is 0.973. The first kappa shape index (κ1) is 14.0. The number of carbonyl (C=O) groups is 1. The van der Waals surface area contributed by atoms with E-state index >= 15 is 0 Å². The Balaban J connectivity index is 2.01. The molecule has 0 radical (unpaired) electrons. The van der Waals surface area contributed by atoms with Crippen molar-refractivity contribution in [3.63, 3.8) is 0 Å². The molecular weight excluding hydrogens is 438 g/mol. The van der Waals surface area contributed by atoms with E-state index in [1.54, 1.807) is 36.4 Å². The highest BCUT2D eigenvalue weighted by Crippen LogP contribution is 2.37. The minimum atomic E-state index is -0.564. The van der Waals surface area contributed by atoms with Crippen molar-refractivity contribution in [2.45, 2.75) is 12.5 Å². The van der Waals surface area contributed by atoms with E-state index in [0.29, 0.717) is 20.4 Å². The molecule has 2 nitrogen and oxygen atoms in total. The van der Waals surface area contributed by atoms with E-state index in [2.05, 4.69) is 15.9 Å². The van der Waals surface area contributed by atoms with E-state index in [4.69, 9.17) is 4.74 Å². The molecule has 2 aromatic rings. The normalized spacial score (nSPS) is 17.6. The van der Waals surface area contributed by atoms with E-state index in [9.17, 15) is 9.18 Å². The number of benzene rings is 2. The minimum Gasteiger partial charge on any atom is -0.484 e. The fourth-order valence-corrected chi connectivity index (χ4v) is 3.12. The van der Waals surface area contributed by atoms with E-state index in [1.807, 2.05) is 22.6 Å². The van der Waals surface area contributed by atoms with Crippen molar-refractivity contribution >= 4 is 44.3 Å². The third-order valence-corrected chi connectivity index (χ3v) is 4.54. The van der Waals surface area contributed by atoms with Gasteiger partial charge in [-0.3, -0.25) is 4.79 Å². The number of carbonyl (C=O) groups excluding carboxylic acids is 1. The van der Waals surface area contributed by atoms with Crippen LogP contribution in [0.5, 0.6) is 5.75 Å². The first-order valence-corrected chi connectivity index (χ1v) is 7.87. The highest BCUT2D eigenvalue weighted by Gasteiger charge is 2.29. The zero-order valence-electron chi connectivity index (χ0n) is 10.2. The van der Waals surface area contributed by atoms with Crippen LogP contribution in [0.15, 0.2) is 40.9 Å². The number of ether oxygens (including phenoxy) is 1. The third-order valence-electron chi connectivity index (χ3n) is 3.21. The van der Waals surface area contributed by atoms with Gasteiger partial charge >= 0.3 is 0 Å². The van der Waals surface area contributed by atoms with Gasteiger partial charge < -0.3 is 4.74 Å². The number of rotatable bonds is 1. The lowest BCUT2D eigenvalue weighted by Gasteiger charge is -2.26. The Bertz CT molecular complexity index is 702. The fraction of sp³-hybridized carbons (Fsp3) is 0.133. The summed E-state index contributed by atoms with van der Waals surface area (Å²) in [4.78, 5) is 12.2. The summed E-state index contributed by atoms with van der Waals surface area (Å²) >= 11 is 5.26. The summed E-state index contributed by atoms with van der Waals surface area (Å²) in [7, 11) is 0. The maximum absolute atomic E-state index is 14.1. The Hall–Kier alpha value is -0.950. The highest BCUT2D eigenvalue weighted by atomic mass is 127. The molecule has 1 aliphatic rings. The third kappa shape index (κ3) is 2.48. The van der Waals surface area contributed by atoms with Crippen molar-refractivity contribution in [3.05, 3.63) is 61.4 Å². The highest BCUT2D eigenvalue weighted by molar-refractivity contribution is 14.1. The van der Waals surface area contributed by atoms with Gasteiger partial charge in [-0.15, -0.1) is 0 Å². The van der Waals surface area contributed by atoms with Crippen LogP contribution >= 0.6 is 38.5 Å². The maximum atomic E-state index is 14.1. The summed E-state index contributed by atoms with van der Waals surface area (Å²) < 4.78 is 21.3. The standard InChI is InChI=1S/C15H9BrFIO2/c16-8-4-5-13-10(6-8)12(19)7-14(20-13)9-2-1-3-11(18)15(9)17/h1-6,14H,7H2. The van der Waals surface area contributed by atoms with Crippen LogP contribution in [0.4, 0.5) is 4.39 Å². The largest absolute Gasteiger partial charge is 0.484 e. The Morgan fingerprint density at radius 1 is 1.30 bits per heavy atom. The molecular formula is C15H9BrFIO2. The first-order chi connectivity index (χ1) is 9.56. The molecule has 5 heteroatoms. The number of hydrogen-bond donors (Lipinski definition) is 0. The zero-order valence-corrected chi connectivity index (χ0v) is 13.9. The van der Waals surface area contributed by atoms with Crippen molar-refractivity contribution < 1.29 is 13.9 Å². The Kier molecular flexibility index (Phi) is 3.81. The number of halogens is 3. The van der Waals surface area contributed by atoms with Gasteiger partial charge in [0.05, 0.1) is 12.0 Å². The van der Waals surface area contributed by atoms with Gasteiger partial charge in [-0.2, -0.15) is 0 Å². The van der Waals surface area contributed by atoms with Crippen LogP contribution in [-0.4, -0.2) is 5.78 Å². The van der Waals surface area contributed by atoms with Gasteiger partial charge in [-0.05, 0) is 46.9 Å². The van der Waals surface area contributed by atoms with E-state index in [-0.39, 0.29) is 18.0 Å². The molecule has 0 amide bonds. The van der Waals surface area contributed by atoms with Crippen LogP contribution in [-0.2, 0) is 0 Å². The molecule has 3 rings (SSSR count). The Labute approximate surface area is 137 Å². The van der Waals surface area contributed by atoms with Crippen molar-refractivity contribution in [3.8, 4) is 5.75 Å².